The van der Waals surface area contributed by atoms with Crippen LogP contribution in [0.1, 0.15) is 31.4 Å². The van der Waals surface area contributed by atoms with Crippen LogP contribution in [0.25, 0.3) is 0 Å². The van der Waals surface area contributed by atoms with Crippen molar-refractivity contribution in [3.8, 4) is 5.75 Å². The van der Waals surface area contributed by atoms with Crippen molar-refractivity contribution in [1.29, 1.82) is 0 Å². The second kappa shape index (κ2) is 8.41. The lowest BCUT2D eigenvalue weighted by atomic mass is 10.0. The number of methoxy groups -OCH3 is 1. The summed E-state index contributed by atoms with van der Waals surface area (Å²) in [5.74, 6) is 1.85. The number of benzene rings is 2. The Balaban J connectivity index is 1.56. The maximum atomic E-state index is 12.3. The van der Waals surface area contributed by atoms with E-state index in [0.717, 1.165) is 23.6 Å². The van der Waals surface area contributed by atoms with E-state index in [4.69, 9.17) is 4.74 Å². The average molecular weight is 356 g/mol. The minimum absolute atomic E-state index is 0.00622. The third-order valence-corrected chi connectivity index (χ3v) is 5.41. The van der Waals surface area contributed by atoms with Crippen LogP contribution in [0.4, 0.5) is 5.69 Å². The van der Waals surface area contributed by atoms with Crippen LogP contribution < -0.4 is 15.4 Å². The van der Waals surface area contributed by atoms with Gasteiger partial charge < -0.3 is 15.4 Å². The Morgan fingerprint density at radius 2 is 2.12 bits per heavy atom. The lowest BCUT2D eigenvalue weighted by Gasteiger charge is -2.28. The van der Waals surface area contributed by atoms with Crippen LogP contribution in [-0.2, 0) is 4.79 Å². The highest BCUT2D eigenvalue weighted by atomic mass is 32.2. The lowest BCUT2D eigenvalue weighted by molar-refractivity contribution is -0.116. The van der Waals surface area contributed by atoms with E-state index in [1.54, 1.807) is 7.11 Å². The molecule has 1 aliphatic rings. The zero-order valence-corrected chi connectivity index (χ0v) is 15.4. The van der Waals surface area contributed by atoms with Crippen molar-refractivity contribution in [1.82, 2.24) is 5.32 Å². The Hall–Kier alpha value is -1.98. The van der Waals surface area contributed by atoms with E-state index in [1.165, 1.54) is 10.5 Å². The van der Waals surface area contributed by atoms with Gasteiger partial charge in [-0.15, -0.1) is 11.8 Å². The Bertz CT molecular complexity index is 735. The highest BCUT2D eigenvalue weighted by molar-refractivity contribution is 7.99. The Kier molecular flexibility index (Phi) is 6.00. The number of carbonyl (C=O) groups excluding carboxylic acids is 1. The SMILES string of the molecule is COc1cccc(NC(=O)CC(C)NC2CCSc3ccccc32)c1. The van der Waals surface area contributed by atoms with Gasteiger partial charge in [-0.25, -0.2) is 0 Å². The number of nitrogens with one attached hydrogen (secondary N) is 2. The molecule has 0 aliphatic carbocycles. The van der Waals surface area contributed by atoms with E-state index in [9.17, 15) is 4.79 Å². The summed E-state index contributed by atoms with van der Waals surface area (Å²) in [7, 11) is 1.62. The van der Waals surface area contributed by atoms with Gasteiger partial charge in [0, 0.05) is 35.2 Å². The molecule has 0 bridgehead atoms. The number of thioether (sulfide) groups is 1. The van der Waals surface area contributed by atoms with Gasteiger partial charge >= 0.3 is 0 Å². The number of hydrogen-bond acceptors (Lipinski definition) is 4. The topological polar surface area (TPSA) is 50.4 Å². The second-order valence-electron chi connectivity index (χ2n) is 6.28. The molecule has 4 nitrogen and oxygen atoms in total. The summed E-state index contributed by atoms with van der Waals surface area (Å²) in [4.78, 5) is 13.7. The van der Waals surface area contributed by atoms with Gasteiger partial charge in [0.15, 0.2) is 0 Å². The summed E-state index contributed by atoms with van der Waals surface area (Å²) < 4.78 is 5.19. The molecule has 2 atom stereocenters. The van der Waals surface area contributed by atoms with Crippen molar-refractivity contribution in [2.75, 3.05) is 18.2 Å². The predicted octanol–water partition coefficient (Wildman–Crippen LogP) is 4.24. The molecule has 0 aromatic heterocycles. The molecule has 2 unspecified atom stereocenters. The minimum atomic E-state index is 0.00622. The molecule has 3 rings (SSSR count). The Labute approximate surface area is 153 Å². The van der Waals surface area contributed by atoms with E-state index in [0.29, 0.717) is 12.5 Å². The fourth-order valence-electron chi connectivity index (χ4n) is 3.11. The zero-order chi connectivity index (χ0) is 17.6. The molecule has 1 heterocycles. The quantitative estimate of drug-likeness (QED) is 0.813. The lowest BCUT2D eigenvalue weighted by Crippen LogP contribution is -2.35. The molecule has 1 aliphatic heterocycles. The molecule has 5 heteroatoms. The molecule has 0 radical (unpaired) electrons. The van der Waals surface area contributed by atoms with Crippen LogP contribution in [-0.4, -0.2) is 24.8 Å². The van der Waals surface area contributed by atoms with Crippen molar-refractivity contribution in [3.63, 3.8) is 0 Å². The van der Waals surface area contributed by atoms with E-state index in [2.05, 4.69) is 41.8 Å². The average Bonchev–Trinajstić information content (AvgIpc) is 2.62. The smallest absolute Gasteiger partial charge is 0.225 e. The van der Waals surface area contributed by atoms with Crippen molar-refractivity contribution in [2.24, 2.45) is 0 Å². The van der Waals surface area contributed by atoms with Gasteiger partial charge in [0.25, 0.3) is 0 Å². The summed E-state index contributed by atoms with van der Waals surface area (Å²) >= 11 is 1.91. The highest BCUT2D eigenvalue weighted by Crippen LogP contribution is 2.36. The van der Waals surface area contributed by atoms with Crippen molar-refractivity contribution >= 4 is 23.4 Å². The van der Waals surface area contributed by atoms with Crippen LogP contribution >= 0.6 is 11.8 Å². The molecular formula is C20H24N2O2S. The van der Waals surface area contributed by atoms with Gasteiger partial charge in [0.1, 0.15) is 5.75 Å². The van der Waals surface area contributed by atoms with Gasteiger partial charge in [-0.2, -0.15) is 0 Å². The van der Waals surface area contributed by atoms with Crippen molar-refractivity contribution in [3.05, 3.63) is 54.1 Å². The molecule has 132 valence electrons. The Morgan fingerprint density at radius 1 is 1.28 bits per heavy atom. The highest BCUT2D eigenvalue weighted by Gasteiger charge is 2.22. The fraction of sp³-hybridized carbons (Fsp3) is 0.350. The van der Waals surface area contributed by atoms with E-state index in [1.807, 2.05) is 36.0 Å². The number of hydrogen-bond donors (Lipinski definition) is 2. The Morgan fingerprint density at radius 3 is 2.96 bits per heavy atom. The van der Waals surface area contributed by atoms with Crippen molar-refractivity contribution < 1.29 is 9.53 Å². The first-order valence-electron chi connectivity index (χ1n) is 8.57. The van der Waals surface area contributed by atoms with Crippen LogP contribution in [0.3, 0.4) is 0 Å². The molecule has 0 fully saturated rings. The van der Waals surface area contributed by atoms with E-state index < -0.39 is 0 Å². The molecule has 0 saturated heterocycles. The summed E-state index contributed by atoms with van der Waals surface area (Å²) in [6, 6.07) is 16.4. The molecule has 1 amide bonds. The normalized spacial score (nSPS) is 17.4. The molecule has 2 aromatic rings. The maximum Gasteiger partial charge on any atom is 0.225 e. The predicted molar refractivity (Wildman–Crippen MR) is 103 cm³/mol. The molecule has 0 saturated carbocycles. The van der Waals surface area contributed by atoms with Gasteiger partial charge in [0.05, 0.1) is 7.11 Å². The third kappa shape index (κ3) is 4.77. The van der Waals surface area contributed by atoms with Crippen LogP contribution in [0.2, 0.25) is 0 Å². The second-order valence-corrected chi connectivity index (χ2v) is 7.42. The van der Waals surface area contributed by atoms with Gasteiger partial charge in [0.2, 0.25) is 5.91 Å². The monoisotopic (exact) mass is 356 g/mol. The number of amides is 1. The molecule has 2 N–H and O–H groups in total. The van der Waals surface area contributed by atoms with Crippen molar-refractivity contribution in [2.45, 2.75) is 36.7 Å². The molecular weight excluding hydrogens is 332 g/mol. The summed E-state index contributed by atoms with van der Waals surface area (Å²) in [5.41, 5.74) is 2.11. The number of anilines is 1. The third-order valence-electron chi connectivity index (χ3n) is 4.29. The number of rotatable bonds is 6. The molecule has 0 spiro atoms. The fourth-order valence-corrected chi connectivity index (χ4v) is 4.23. The summed E-state index contributed by atoms with van der Waals surface area (Å²) in [6.45, 7) is 2.06. The maximum absolute atomic E-state index is 12.3. The van der Waals surface area contributed by atoms with Gasteiger partial charge in [-0.3, -0.25) is 4.79 Å². The molecule has 25 heavy (non-hydrogen) atoms. The summed E-state index contributed by atoms with van der Waals surface area (Å²) in [6.07, 6.45) is 1.52. The first-order chi connectivity index (χ1) is 12.2. The minimum Gasteiger partial charge on any atom is -0.497 e. The van der Waals surface area contributed by atoms with E-state index in [-0.39, 0.29) is 11.9 Å². The van der Waals surface area contributed by atoms with Gasteiger partial charge in [-0.05, 0) is 42.9 Å². The zero-order valence-electron chi connectivity index (χ0n) is 14.6. The van der Waals surface area contributed by atoms with Crippen LogP contribution in [0.5, 0.6) is 5.75 Å². The first-order valence-corrected chi connectivity index (χ1v) is 9.56. The number of fused-ring (bicyclic) bond motifs is 1. The summed E-state index contributed by atoms with van der Waals surface area (Å²) in [5, 5.41) is 6.56. The van der Waals surface area contributed by atoms with Crippen LogP contribution in [0.15, 0.2) is 53.4 Å². The standard InChI is InChI=1S/C20H24N2O2S/c1-14(12-20(23)22-15-6-5-7-16(13-15)24-2)21-18-10-11-25-19-9-4-3-8-17(18)19/h3-9,13-14,18,21H,10-12H2,1-2H3,(H,22,23). The molecule has 2 aromatic carbocycles. The van der Waals surface area contributed by atoms with Crippen LogP contribution in [0, 0.1) is 0 Å². The van der Waals surface area contributed by atoms with Gasteiger partial charge in [-0.1, -0.05) is 24.3 Å². The number of carbonyl (C=O) groups is 1. The first kappa shape index (κ1) is 17.8. The number of ether oxygens (including phenoxy) is 1. The van der Waals surface area contributed by atoms with E-state index >= 15 is 0 Å². The largest absolute Gasteiger partial charge is 0.497 e.